The Bertz CT molecular complexity index is 681. The van der Waals surface area contributed by atoms with Gasteiger partial charge >= 0.3 is 0 Å². The predicted octanol–water partition coefficient (Wildman–Crippen LogP) is 4.22. The second-order valence-corrected chi connectivity index (χ2v) is 9.01. The third-order valence-electron chi connectivity index (χ3n) is 6.71. The molecule has 4 rings (SSSR count). The molecule has 158 valence electrons. The molecule has 5 heteroatoms. The van der Waals surface area contributed by atoms with Crippen molar-refractivity contribution >= 4 is 0 Å². The van der Waals surface area contributed by atoms with Crippen LogP contribution in [0.1, 0.15) is 56.9 Å². The fourth-order valence-corrected chi connectivity index (χ4v) is 5.26. The molecule has 5 nitrogen and oxygen atoms in total. The molecule has 0 aromatic carbocycles. The molecule has 0 N–H and O–H groups in total. The van der Waals surface area contributed by atoms with Crippen molar-refractivity contribution in [2.75, 3.05) is 26.2 Å². The number of aromatic nitrogens is 3. The van der Waals surface area contributed by atoms with Crippen molar-refractivity contribution in [3.63, 3.8) is 0 Å². The number of rotatable bonds is 9. The van der Waals surface area contributed by atoms with E-state index in [1.54, 1.807) is 0 Å². The molecule has 3 heterocycles. The molecule has 1 aliphatic carbocycles. The molecule has 1 saturated carbocycles. The molecular formula is C24H37N5. The highest BCUT2D eigenvalue weighted by Gasteiger charge is 2.27. The quantitative estimate of drug-likeness (QED) is 0.637. The summed E-state index contributed by atoms with van der Waals surface area (Å²) in [4.78, 5) is 9.82. The van der Waals surface area contributed by atoms with E-state index in [1.807, 2.05) is 29.3 Å². The van der Waals surface area contributed by atoms with E-state index in [4.69, 9.17) is 0 Å². The van der Waals surface area contributed by atoms with E-state index in [0.29, 0.717) is 0 Å². The van der Waals surface area contributed by atoms with Gasteiger partial charge in [0.15, 0.2) is 0 Å². The van der Waals surface area contributed by atoms with Crippen molar-refractivity contribution in [2.45, 2.75) is 70.5 Å². The van der Waals surface area contributed by atoms with Crippen molar-refractivity contribution in [1.82, 2.24) is 24.6 Å². The molecule has 1 aliphatic heterocycles. The highest BCUT2D eigenvalue weighted by Crippen LogP contribution is 2.27. The number of nitrogens with zero attached hydrogens (tertiary/aromatic N) is 5. The first-order valence-electron chi connectivity index (χ1n) is 11.7. The zero-order chi connectivity index (χ0) is 19.7. The van der Waals surface area contributed by atoms with Crippen LogP contribution < -0.4 is 0 Å². The molecule has 0 bridgehead atoms. The van der Waals surface area contributed by atoms with E-state index in [0.717, 1.165) is 38.0 Å². The lowest BCUT2D eigenvalue weighted by atomic mass is 9.90. The molecule has 29 heavy (non-hydrogen) atoms. The molecule has 2 aromatic heterocycles. The number of aryl methyl sites for hydroxylation is 1. The first kappa shape index (κ1) is 20.5. The Morgan fingerprint density at radius 2 is 1.97 bits per heavy atom. The van der Waals surface area contributed by atoms with Gasteiger partial charge in [-0.25, -0.2) is 0 Å². The van der Waals surface area contributed by atoms with Gasteiger partial charge in [0.1, 0.15) is 0 Å². The van der Waals surface area contributed by atoms with Crippen LogP contribution in [0.2, 0.25) is 0 Å². The van der Waals surface area contributed by atoms with Crippen LogP contribution in [0, 0.1) is 5.92 Å². The molecule has 2 fully saturated rings. The van der Waals surface area contributed by atoms with E-state index in [9.17, 15) is 0 Å². The Hall–Kier alpha value is -1.72. The maximum Gasteiger partial charge on any atom is 0.0489 e. The average molecular weight is 396 g/mol. The van der Waals surface area contributed by atoms with Crippen LogP contribution in [0.25, 0.3) is 0 Å². The Morgan fingerprint density at radius 3 is 2.76 bits per heavy atom. The van der Waals surface area contributed by atoms with E-state index in [1.165, 1.54) is 70.1 Å². The average Bonchev–Trinajstić information content (AvgIpc) is 3.29. The summed E-state index contributed by atoms with van der Waals surface area (Å²) in [5.41, 5.74) is 1.33. The van der Waals surface area contributed by atoms with E-state index >= 15 is 0 Å². The van der Waals surface area contributed by atoms with Crippen LogP contribution in [-0.2, 0) is 13.1 Å². The lowest BCUT2D eigenvalue weighted by Gasteiger charge is -2.41. The number of pyridine rings is 1. The smallest absolute Gasteiger partial charge is 0.0489 e. The maximum absolute atomic E-state index is 4.36. The first-order chi connectivity index (χ1) is 14.4. The van der Waals surface area contributed by atoms with Crippen LogP contribution in [0.5, 0.6) is 0 Å². The predicted molar refractivity (Wildman–Crippen MR) is 118 cm³/mol. The largest absolute Gasteiger partial charge is 0.300 e. The van der Waals surface area contributed by atoms with E-state index < -0.39 is 0 Å². The van der Waals surface area contributed by atoms with Gasteiger partial charge in [0.2, 0.25) is 0 Å². The minimum atomic E-state index is 0.798. The Morgan fingerprint density at radius 1 is 1.03 bits per heavy atom. The summed E-state index contributed by atoms with van der Waals surface area (Å²) in [7, 11) is 0. The highest BCUT2D eigenvalue weighted by atomic mass is 15.3. The zero-order valence-corrected chi connectivity index (χ0v) is 17.8. The molecule has 0 unspecified atom stereocenters. The lowest BCUT2D eigenvalue weighted by Crippen LogP contribution is -2.46. The highest BCUT2D eigenvalue weighted by molar-refractivity contribution is 5.08. The zero-order valence-electron chi connectivity index (χ0n) is 17.8. The third kappa shape index (κ3) is 6.38. The molecular weight excluding hydrogens is 358 g/mol. The summed E-state index contributed by atoms with van der Waals surface area (Å²) in [6.45, 7) is 6.95. The first-order valence-corrected chi connectivity index (χ1v) is 11.7. The molecule has 0 spiro atoms. The van der Waals surface area contributed by atoms with Crippen molar-refractivity contribution in [1.29, 1.82) is 0 Å². The maximum atomic E-state index is 4.36. The van der Waals surface area contributed by atoms with Gasteiger partial charge in [0, 0.05) is 63.6 Å². The number of hydrogen-bond donors (Lipinski definition) is 0. The van der Waals surface area contributed by atoms with Gasteiger partial charge in [-0.05, 0) is 62.3 Å². The van der Waals surface area contributed by atoms with Gasteiger partial charge < -0.3 is 4.90 Å². The van der Waals surface area contributed by atoms with Gasteiger partial charge in [-0.3, -0.25) is 14.6 Å². The fourth-order valence-electron chi connectivity index (χ4n) is 5.26. The molecule has 0 amide bonds. The molecule has 1 saturated heterocycles. The summed E-state index contributed by atoms with van der Waals surface area (Å²) in [5.74, 6) is 0.798. The minimum Gasteiger partial charge on any atom is -0.300 e. The second kappa shape index (κ2) is 10.9. The molecule has 0 radical (unpaired) electrons. The summed E-state index contributed by atoms with van der Waals surface area (Å²) < 4.78 is 2.05. The third-order valence-corrected chi connectivity index (χ3v) is 6.71. The van der Waals surface area contributed by atoms with E-state index in [2.05, 4.69) is 38.2 Å². The standard InChI is InChI=1S/C24H37N5/c1-2-10-24(11-3-1)28-15-5-9-23(21-28)20-27(19-22-8-4-12-25-18-22)14-7-17-29-16-6-13-26-29/h4,6,8,12-13,16,18,23-24H,1-3,5,7,9-11,14-15,17,19-21H2/t23-/m0/s1. The topological polar surface area (TPSA) is 37.2 Å². The fraction of sp³-hybridized carbons (Fsp3) is 0.667. The van der Waals surface area contributed by atoms with Crippen LogP contribution in [-0.4, -0.2) is 56.8 Å². The Kier molecular flexibility index (Phi) is 7.71. The van der Waals surface area contributed by atoms with Gasteiger partial charge in [0.05, 0.1) is 0 Å². The number of piperidine rings is 1. The van der Waals surface area contributed by atoms with Gasteiger partial charge in [-0.15, -0.1) is 0 Å². The monoisotopic (exact) mass is 395 g/mol. The van der Waals surface area contributed by atoms with Crippen molar-refractivity contribution in [3.05, 3.63) is 48.5 Å². The van der Waals surface area contributed by atoms with Crippen LogP contribution >= 0.6 is 0 Å². The van der Waals surface area contributed by atoms with Crippen molar-refractivity contribution in [2.24, 2.45) is 5.92 Å². The van der Waals surface area contributed by atoms with Crippen LogP contribution in [0.15, 0.2) is 43.0 Å². The van der Waals surface area contributed by atoms with E-state index in [-0.39, 0.29) is 0 Å². The second-order valence-electron chi connectivity index (χ2n) is 9.01. The van der Waals surface area contributed by atoms with Crippen LogP contribution in [0.4, 0.5) is 0 Å². The lowest BCUT2D eigenvalue weighted by molar-refractivity contribution is 0.0781. The molecule has 2 aromatic rings. The summed E-state index contributed by atoms with van der Waals surface area (Å²) in [6.07, 6.45) is 18.9. The summed E-state index contributed by atoms with van der Waals surface area (Å²) in [6, 6.07) is 7.14. The summed E-state index contributed by atoms with van der Waals surface area (Å²) >= 11 is 0. The molecule has 1 atom stereocenters. The van der Waals surface area contributed by atoms with Gasteiger partial charge in [-0.2, -0.15) is 5.10 Å². The number of likely N-dealkylation sites (tertiary alicyclic amines) is 1. The SMILES string of the molecule is c1cncc(CN(CCCn2cccn2)C[C@@H]2CCCN(C3CCCCC3)C2)c1. The van der Waals surface area contributed by atoms with Crippen molar-refractivity contribution in [3.8, 4) is 0 Å². The Labute approximate surface area is 176 Å². The van der Waals surface area contributed by atoms with Gasteiger partial charge in [0.25, 0.3) is 0 Å². The Balaban J connectivity index is 1.32. The van der Waals surface area contributed by atoms with Crippen molar-refractivity contribution < 1.29 is 0 Å². The van der Waals surface area contributed by atoms with Crippen LogP contribution in [0.3, 0.4) is 0 Å². The van der Waals surface area contributed by atoms with Gasteiger partial charge in [-0.1, -0.05) is 25.3 Å². The normalized spacial score (nSPS) is 21.6. The molecule has 2 aliphatic rings. The summed E-state index contributed by atoms with van der Waals surface area (Å²) in [5, 5.41) is 4.36. The minimum absolute atomic E-state index is 0.798. The number of hydrogen-bond acceptors (Lipinski definition) is 4.